The van der Waals surface area contributed by atoms with Gasteiger partial charge >= 0.3 is 0 Å². The van der Waals surface area contributed by atoms with Crippen molar-refractivity contribution < 1.29 is 14.3 Å². The molecule has 5 rings (SSSR count). The van der Waals surface area contributed by atoms with Gasteiger partial charge in [-0.3, -0.25) is 9.69 Å². The first-order valence-corrected chi connectivity index (χ1v) is 11.9. The van der Waals surface area contributed by atoms with Gasteiger partial charge in [-0.15, -0.1) is 0 Å². The first kappa shape index (κ1) is 24.3. The van der Waals surface area contributed by atoms with Crippen LogP contribution < -0.4 is 15.5 Å². The standard InChI is InChI=1S/C26H27FN8O2/c1-2-23(37)29-18-5-3-4-17(14-18)24-31-21-16-28-26(33-25(21)32-24)30-19-6-7-22(20(27)15-19)35-10-8-34(9-11-35)12-13-36/h2-7,14-16,36H,1,8-13H2,(H,29,37)(H2,28,30,31,32,33). The highest BCUT2D eigenvalue weighted by Crippen LogP contribution is 2.26. The van der Waals surface area contributed by atoms with E-state index >= 15 is 0 Å². The monoisotopic (exact) mass is 502 g/mol. The maximum atomic E-state index is 14.9. The van der Waals surface area contributed by atoms with E-state index in [0.717, 1.165) is 18.7 Å². The van der Waals surface area contributed by atoms with Crippen molar-refractivity contribution in [1.29, 1.82) is 0 Å². The Labute approximate surface area is 212 Å². The van der Waals surface area contributed by atoms with Crippen molar-refractivity contribution in [3.05, 3.63) is 67.1 Å². The molecule has 0 bridgehead atoms. The van der Waals surface area contributed by atoms with E-state index in [1.165, 1.54) is 12.1 Å². The van der Waals surface area contributed by atoms with E-state index < -0.39 is 0 Å². The summed E-state index contributed by atoms with van der Waals surface area (Å²) in [4.78, 5) is 32.3. The zero-order chi connectivity index (χ0) is 25.8. The SMILES string of the molecule is C=CC(=O)Nc1cccc(-c2nc3nc(Nc4ccc(N5CCN(CCO)CC5)c(F)c4)ncc3[nH]2)c1. The summed E-state index contributed by atoms with van der Waals surface area (Å²) in [6.07, 6.45) is 2.82. The number of anilines is 4. The molecule has 1 aliphatic rings. The highest BCUT2D eigenvalue weighted by atomic mass is 19.1. The van der Waals surface area contributed by atoms with Gasteiger partial charge in [-0.25, -0.2) is 14.4 Å². The van der Waals surface area contributed by atoms with Gasteiger partial charge in [0, 0.05) is 49.7 Å². The van der Waals surface area contributed by atoms with Gasteiger partial charge in [-0.2, -0.15) is 4.98 Å². The summed E-state index contributed by atoms with van der Waals surface area (Å²) in [5.74, 6) is 0.244. The number of carbonyl (C=O) groups excluding carboxylic acids is 1. The third kappa shape index (κ3) is 5.57. The van der Waals surface area contributed by atoms with E-state index in [-0.39, 0.29) is 18.3 Å². The van der Waals surface area contributed by atoms with Gasteiger partial charge in [0.05, 0.1) is 18.5 Å². The highest BCUT2D eigenvalue weighted by Gasteiger charge is 2.19. The number of benzene rings is 2. The van der Waals surface area contributed by atoms with Gasteiger partial charge in [-0.1, -0.05) is 18.7 Å². The van der Waals surface area contributed by atoms with Gasteiger partial charge in [0.25, 0.3) is 0 Å². The van der Waals surface area contributed by atoms with Gasteiger partial charge in [0.1, 0.15) is 17.2 Å². The van der Waals surface area contributed by atoms with Crippen molar-refractivity contribution in [3.8, 4) is 11.4 Å². The molecule has 0 atom stereocenters. The van der Waals surface area contributed by atoms with Crippen LogP contribution in [-0.4, -0.2) is 75.2 Å². The van der Waals surface area contributed by atoms with Crippen LogP contribution in [-0.2, 0) is 4.79 Å². The Kier molecular flexibility index (Phi) is 7.06. The maximum absolute atomic E-state index is 14.9. The molecule has 0 unspecified atom stereocenters. The number of rotatable bonds is 8. The number of piperazine rings is 1. The molecule has 0 aliphatic carbocycles. The van der Waals surface area contributed by atoms with Gasteiger partial charge in [-0.05, 0) is 36.4 Å². The number of nitrogens with zero attached hydrogens (tertiary/aromatic N) is 5. The second-order valence-corrected chi connectivity index (χ2v) is 8.63. The molecule has 1 amide bonds. The number of aliphatic hydroxyl groups excluding tert-OH is 1. The number of amides is 1. The van der Waals surface area contributed by atoms with E-state index in [2.05, 4.69) is 42.0 Å². The van der Waals surface area contributed by atoms with Crippen LogP contribution in [0.4, 0.5) is 27.4 Å². The minimum atomic E-state index is -0.327. The van der Waals surface area contributed by atoms with E-state index in [1.54, 1.807) is 30.5 Å². The lowest BCUT2D eigenvalue weighted by Gasteiger charge is -2.36. The molecule has 37 heavy (non-hydrogen) atoms. The number of fused-ring (bicyclic) bond motifs is 1. The lowest BCUT2D eigenvalue weighted by Crippen LogP contribution is -2.47. The predicted molar refractivity (Wildman–Crippen MR) is 141 cm³/mol. The van der Waals surface area contributed by atoms with Crippen molar-refractivity contribution in [2.24, 2.45) is 0 Å². The number of aromatic nitrogens is 4. The number of carbonyl (C=O) groups is 1. The zero-order valence-corrected chi connectivity index (χ0v) is 20.1. The molecular weight excluding hydrogens is 475 g/mol. The Hall–Kier alpha value is -4.35. The average molecular weight is 503 g/mol. The topological polar surface area (TPSA) is 122 Å². The van der Waals surface area contributed by atoms with Crippen LogP contribution in [0.2, 0.25) is 0 Å². The smallest absolute Gasteiger partial charge is 0.247 e. The van der Waals surface area contributed by atoms with E-state index in [0.29, 0.717) is 59.6 Å². The molecule has 0 radical (unpaired) electrons. The molecule has 1 saturated heterocycles. The first-order chi connectivity index (χ1) is 18.0. The summed E-state index contributed by atoms with van der Waals surface area (Å²) in [6.45, 7) is 7.21. The zero-order valence-electron chi connectivity index (χ0n) is 20.1. The molecule has 10 nitrogen and oxygen atoms in total. The summed E-state index contributed by atoms with van der Waals surface area (Å²) in [5.41, 5.74) is 3.56. The molecule has 1 fully saturated rings. The maximum Gasteiger partial charge on any atom is 0.247 e. The molecule has 11 heteroatoms. The third-order valence-electron chi connectivity index (χ3n) is 6.16. The number of imidazole rings is 1. The van der Waals surface area contributed by atoms with Gasteiger partial charge in [0.15, 0.2) is 5.65 Å². The minimum Gasteiger partial charge on any atom is -0.395 e. The van der Waals surface area contributed by atoms with Crippen LogP contribution in [0.25, 0.3) is 22.6 Å². The van der Waals surface area contributed by atoms with Crippen LogP contribution in [0.1, 0.15) is 0 Å². The second-order valence-electron chi connectivity index (χ2n) is 8.63. The minimum absolute atomic E-state index is 0.130. The van der Waals surface area contributed by atoms with Crippen molar-refractivity contribution >= 4 is 40.1 Å². The van der Waals surface area contributed by atoms with E-state index in [4.69, 9.17) is 5.11 Å². The number of aromatic amines is 1. The second kappa shape index (κ2) is 10.7. The van der Waals surface area contributed by atoms with Crippen LogP contribution in [0, 0.1) is 5.82 Å². The van der Waals surface area contributed by atoms with Crippen molar-refractivity contribution in [2.75, 3.05) is 54.9 Å². The normalized spacial score (nSPS) is 14.1. The fourth-order valence-electron chi connectivity index (χ4n) is 4.27. The first-order valence-electron chi connectivity index (χ1n) is 11.9. The fraction of sp³-hybridized carbons (Fsp3) is 0.231. The van der Waals surface area contributed by atoms with E-state index in [9.17, 15) is 9.18 Å². The molecule has 4 aromatic rings. The molecule has 1 aliphatic heterocycles. The van der Waals surface area contributed by atoms with Crippen molar-refractivity contribution in [1.82, 2.24) is 24.8 Å². The Bertz CT molecular complexity index is 1430. The molecule has 2 aromatic heterocycles. The largest absolute Gasteiger partial charge is 0.395 e. The number of aliphatic hydroxyl groups is 1. The highest BCUT2D eigenvalue weighted by molar-refractivity contribution is 5.99. The van der Waals surface area contributed by atoms with Crippen LogP contribution in [0.15, 0.2) is 61.3 Å². The summed E-state index contributed by atoms with van der Waals surface area (Å²) in [7, 11) is 0. The van der Waals surface area contributed by atoms with Crippen LogP contribution in [0.5, 0.6) is 0 Å². The Morgan fingerprint density at radius 2 is 1.97 bits per heavy atom. The molecule has 2 aromatic carbocycles. The summed E-state index contributed by atoms with van der Waals surface area (Å²) in [6, 6.07) is 12.2. The Balaban J connectivity index is 1.29. The Morgan fingerprint density at radius 1 is 1.14 bits per heavy atom. The van der Waals surface area contributed by atoms with Gasteiger partial charge in [0.2, 0.25) is 11.9 Å². The lowest BCUT2D eigenvalue weighted by molar-refractivity contribution is -0.111. The molecule has 0 spiro atoms. The molecule has 0 saturated carbocycles. The fourth-order valence-corrected chi connectivity index (χ4v) is 4.27. The number of halogens is 1. The summed E-state index contributed by atoms with van der Waals surface area (Å²) >= 11 is 0. The number of hydrogen-bond donors (Lipinski definition) is 4. The summed E-state index contributed by atoms with van der Waals surface area (Å²) < 4.78 is 14.9. The number of nitrogens with one attached hydrogen (secondary N) is 3. The number of hydrogen-bond acceptors (Lipinski definition) is 8. The predicted octanol–water partition coefficient (Wildman–Crippen LogP) is 3.14. The summed E-state index contributed by atoms with van der Waals surface area (Å²) in [5, 5.41) is 14.9. The number of H-pyrrole nitrogens is 1. The van der Waals surface area contributed by atoms with Crippen molar-refractivity contribution in [3.63, 3.8) is 0 Å². The molecule has 4 N–H and O–H groups in total. The lowest BCUT2D eigenvalue weighted by atomic mass is 10.2. The van der Waals surface area contributed by atoms with Gasteiger partial charge < -0.3 is 25.6 Å². The average Bonchev–Trinajstić information content (AvgIpc) is 3.33. The van der Waals surface area contributed by atoms with Crippen LogP contribution >= 0.6 is 0 Å². The molecule has 190 valence electrons. The quantitative estimate of drug-likeness (QED) is 0.271. The molecule has 3 heterocycles. The van der Waals surface area contributed by atoms with Crippen LogP contribution in [0.3, 0.4) is 0 Å². The third-order valence-corrected chi connectivity index (χ3v) is 6.16. The van der Waals surface area contributed by atoms with E-state index in [1.807, 2.05) is 17.0 Å². The number of β-amino-alcohol motifs (C(OH)–C–C–N with tert-alkyl or cyclic N) is 1. The van der Waals surface area contributed by atoms with Crippen molar-refractivity contribution in [2.45, 2.75) is 0 Å². The molecular formula is C26H27FN8O2. The Morgan fingerprint density at radius 3 is 2.73 bits per heavy atom.